The summed E-state index contributed by atoms with van der Waals surface area (Å²) in [5.41, 5.74) is 1.70. The summed E-state index contributed by atoms with van der Waals surface area (Å²) in [5.74, 6) is -0.450. The van der Waals surface area contributed by atoms with Gasteiger partial charge in [0.05, 0.1) is 20.3 Å². The summed E-state index contributed by atoms with van der Waals surface area (Å²) in [5, 5.41) is 9.62. The lowest BCUT2D eigenvalue weighted by atomic mass is 9.93. The van der Waals surface area contributed by atoms with Crippen molar-refractivity contribution in [1.29, 1.82) is 5.26 Å². The number of nitriles is 1. The smallest absolute Gasteiger partial charge is 0.271 e. The quantitative estimate of drug-likeness (QED) is 0.191. The SMILES string of the molecule is CCCCCCCCOc1ccc(/C=C2/C(=O)N(Cc3ccc(F)cc3)C(=O)C(C#N)=C2C)cc1OC. The van der Waals surface area contributed by atoms with Crippen molar-refractivity contribution in [2.24, 2.45) is 0 Å². The van der Waals surface area contributed by atoms with Crippen molar-refractivity contribution in [3.63, 3.8) is 0 Å². The molecule has 0 bridgehead atoms. The van der Waals surface area contributed by atoms with Gasteiger partial charge in [0.2, 0.25) is 0 Å². The van der Waals surface area contributed by atoms with Crippen LogP contribution in [-0.2, 0) is 16.1 Å². The van der Waals surface area contributed by atoms with Gasteiger partial charge in [-0.15, -0.1) is 0 Å². The van der Waals surface area contributed by atoms with E-state index in [0.29, 0.717) is 34.8 Å². The molecule has 0 spiro atoms. The number of unbranched alkanes of at least 4 members (excludes halogenated alkanes) is 5. The number of halogens is 1. The van der Waals surface area contributed by atoms with Gasteiger partial charge in [-0.05, 0) is 60.4 Å². The Morgan fingerprint density at radius 3 is 2.35 bits per heavy atom. The van der Waals surface area contributed by atoms with Gasteiger partial charge in [0.1, 0.15) is 17.5 Å². The third-order valence-corrected chi connectivity index (χ3v) is 6.33. The number of methoxy groups -OCH3 is 1. The summed E-state index contributed by atoms with van der Waals surface area (Å²) in [6.07, 6.45) is 8.65. The summed E-state index contributed by atoms with van der Waals surface area (Å²) in [6.45, 7) is 4.31. The number of hydrogen-bond acceptors (Lipinski definition) is 5. The van der Waals surface area contributed by atoms with E-state index in [1.54, 1.807) is 38.3 Å². The molecule has 1 aliphatic rings. The standard InChI is InChI=1S/C30H33FN2O4/c1-4-5-6-7-8-9-16-37-27-15-12-23(18-28(27)36-3)17-25-21(2)26(19-32)30(35)33(29(25)34)20-22-10-13-24(31)14-11-22/h10-15,17-18H,4-9,16,20H2,1-3H3/b25-17+. The van der Waals surface area contributed by atoms with Crippen LogP contribution in [0.4, 0.5) is 4.39 Å². The molecule has 3 rings (SSSR count). The highest BCUT2D eigenvalue weighted by atomic mass is 19.1. The van der Waals surface area contributed by atoms with Gasteiger partial charge in [0.15, 0.2) is 11.5 Å². The molecule has 0 aromatic heterocycles. The fraction of sp³-hybridized carbons (Fsp3) is 0.367. The van der Waals surface area contributed by atoms with Gasteiger partial charge < -0.3 is 9.47 Å². The van der Waals surface area contributed by atoms with Crippen LogP contribution in [0, 0.1) is 17.1 Å². The maximum atomic E-state index is 13.3. The molecule has 0 aliphatic carbocycles. The zero-order valence-electron chi connectivity index (χ0n) is 21.7. The lowest BCUT2D eigenvalue weighted by Gasteiger charge is -2.27. The van der Waals surface area contributed by atoms with Crippen LogP contribution < -0.4 is 9.47 Å². The van der Waals surface area contributed by atoms with Crippen LogP contribution in [0.5, 0.6) is 11.5 Å². The largest absolute Gasteiger partial charge is 0.493 e. The molecule has 1 aliphatic heterocycles. The number of benzene rings is 2. The fourth-order valence-corrected chi connectivity index (χ4v) is 4.17. The Balaban J connectivity index is 1.80. The molecule has 7 heteroatoms. The zero-order chi connectivity index (χ0) is 26.8. The Bertz CT molecular complexity index is 1230. The fourth-order valence-electron chi connectivity index (χ4n) is 4.17. The van der Waals surface area contributed by atoms with E-state index in [1.807, 2.05) is 6.07 Å². The number of carbonyl (C=O) groups is 2. The number of carbonyl (C=O) groups excluding carboxylic acids is 2. The highest BCUT2D eigenvalue weighted by Gasteiger charge is 2.35. The topological polar surface area (TPSA) is 79.6 Å². The van der Waals surface area contributed by atoms with Crippen molar-refractivity contribution in [2.45, 2.75) is 58.9 Å². The molecule has 194 valence electrons. The summed E-state index contributed by atoms with van der Waals surface area (Å²) in [6, 6.07) is 12.8. The van der Waals surface area contributed by atoms with Gasteiger partial charge in [0.25, 0.3) is 11.8 Å². The van der Waals surface area contributed by atoms with Crippen LogP contribution in [-0.4, -0.2) is 30.4 Å². The van der Waals surface area contributed by atoms with Crippen molar-refractivity contribution in [2.75, 3.05) is 13.7 Å². The Kier molecular flexibility index (Phi) is 10.0. The molecule has 2 amide bonds. The summed E-state index contributed by atoms with van der Waals surface area (Å²) in [4.78, 5) is 27.2. The Morgan fingerprint density at radius 2 is 1.68 bits per heavy atom. The van der Waals surface area contributed by atoms with Crippen LogP contribution in [0.3, 0.4) is 0 Å². The first-order chi connectivity index (χ1) is 17.9. The van der Waals surface area contributed by atoms with Crippen molar-refractivity contribution < 1.29 is 23.5 Å². The molecule has 0 fully saturated rings. The molecule has 2 aromatic rings. The van der Waals surface area contributed by atoms with Crippen LogP contribution in [0.2, 0.25) is 0 Å². The van der Waals surface area contributed by atoms with Crippen molar-refractivity contribution in [1.82, 2.24) is 4.90 Å². The minimum atomic E-state index is -0.664. The summed E-state index contributed by atoms with van der Waals surface area (Å²) >= 11 is 0. The number of ether oxygens (including phenoxy) is 2. The van der Waals surface area contributed by atoms with Gasteiger partial charge >= 0.3 is 0 Å². The van der Waals surface area contributed by atoms with Gasteiger partial charge in [0, 0.05) is 5.57 Å². The molecular formula is C30H33FN2O4. The first-order valence-electron chi connectivity index (χ1n) is 12.6. The van der Waals surface area contributed by atoms with E-state index in [1.165, 1.54) is 49.9 Å². The predicted molar refractivity (Wildman–Crippen MR) is 140 cm³/mol. The average Bonchev–Trinajstić information content (AvgIpc) is 2.90. The molecule has 0 saturated carbocycles. The van der Waals surface area contributed by atoms with E-state index in [4.69, 9.17) is 9.47 Å². The summed E-state index contributed by atoms with van der Waals surface area (Å²) in [7, 11) is 1.55. The normalized spacial score (nSPS) is 14.8. The predicted octanol–water partition coefficient (Wildman–Crippen LogP) is 6.37. The molecule has 0 atom stereocenters. The number of rotatable bonds is 12. The second kappa shape index (κ2) is 13.4. The maximum Gasteiger partial charge on any atom is 0.271 e. The minimum Gasteiger partial charge on any atom is -0.493 e. The Hall–Kier alpha value is -3.92. The van der Waals surface area contributed by atoms with Crippen LogP contribution in [0.25, 0.3) is 6.08 Å². The van der Waals surface area contributed by atoms with Crippen molar-refractivity contribution >= 4 is 17.9 Å². The van der Waals surface area contributed by atoms with Gasteiger partial charge in [-0.2, -0.15) is 5.26 Å². The number of hydrogen-bond donors (Lipinski definition) is 0. The van der Waals surface area contributed by atoms with Crippen LogP contribution >= 0.6 is 0 Å². The summed E-state index contributed by atoms with van der Waals surface area (Å²) < 4.78 is 24.7. The molecule has 0 saturated heterocycles. The Labute approximate surface area is 218 Å². The van der Waals surface area contributed by atoms with E-state index in [2.05, 4.69) is 6.92 Å². The maximum absolute atomic E-state index is 13.3. The number of nitrogens with zero attached hydrogens (tertiary/aromatic N) is 2. The first kappa shape index (κ1) is 27.7. The Morgan fingerprint density at radius 1 is 0.973 bits per heavy atom. The second-order valence-electron chi connectivity index (χ2n) is 9.02. The lowest BCUT2D eigenvalue weighted by Crippen LogP contribution is -2.42. The van der Waals surface area contributed by atoms with E-state index in [-0.39, 0.29) is 17.7 Å². The van der Waals surface area contributed by atoms with Crippen LogP contribution in [0.15, 0.2) is 59.2 Å². The van der Waals surface area contributed by atoms with Gasteiger partial charge in [-0.25, -0.2) is 4.39 Å². The van der Waals surface area contributed by atoms with E-state index in [0.717, 1.165) is 17.7 Å². The highest BCUT2D eigenvalue weighted by Crippen LogP contribution is 2.32. The van der Waals surface area contributed by atoms with Crippen LogP contribution in [0.1, 0.15) is 63.5 Å². The third-order valence-electron chi connectivity index (χ3n) is 6.33. The second-order valence-corrected chi connectivity index (χ2v) is 9.02. The molecule has 0 N–H and O–H groups in total. The number of imide groups is 1. The minimum absolute atomic E-state index is 0.0672. The number of amides is 2. The molecule has 1 heterocycles. The molecule has 6 nitrogen and oxygen atoms in total. The van der Waals surface area contributed by atoms with Gasteiger partial charge in [-0.3, -0.25) is 14.5 Å². The molecule has 37 heavy (non-hydrogen) atoms. The van der Waals surface area contributed by atoms with E-state index in [9.17, 15) is 19.2 Å². The third kappa shape index (κ3) is 7.07. The van der Waals surface area contributed by atoms with Crippen molar-refractivity contribution in [3.8, 4) is 17.6 Å². The first-order valence-corrected chi connectivity index (χ1v) is 12.6. The molecule has 2 aromatic carbocycles. The highest BCUT2D eigenvalue weighted by molar-refractivity contribution is 6.19. The molecule has 0 radical (unpaired) electrons. The van der Waals surface area contributed by atoms with Crippen molar-refractivity contribution in [3.05, 3.63) is 76.1 Å². The lowest BCUT2D eigenvalue weighted by molar-refractivity contribution is -0.141. The average molecular weight is 505 g/mol. The van der Waals surface area contributed by atoms with Gasteiger partial charge in [-0.1, -0.05) is 57.2 Å². The monoisotopic (exact) mass is 504 g/mol. The molecular weight excluding hydrogens is 471 g/mol. The van der Waals surface area contributed by atoms with E-state index >= 15 is 0 Å². The zero-order valence-corrected chi connectivity index (χ0v) is 21.7. The van der Waals surface area contributed by atoms with E-state index < -0.39 is 17.6 Å². The molecule has 0 unspecified atom stereocenters.